The van der Waals surface area contributed by atoms with Crippen LogP contribution in [0.5, 0.6) is 0 Å². The van der Waals surface area contributed by atoms with E-state index in [4.69, 9.17) is 10.5 Å². The number of nitrogens with two attached hydrogens (primary N) is 1. The molecule has 0 bridgehead atoms. The fourth-order valence-corrected chi connectivity index (χ4v) is 2.66. The molecule has 5 heteroatoms. The molecule has 0 radical (unpaired) electrons. The molecular weight excluding hydrogens is 281 g/mol. The van der Waals surface area contributed by atoms with E-state index in [0.717, 1.165) is 6.26 Å². The monoisotopic (exact) mass is 303 g/mol. The number of methoxy groups -OCH3 is 1. The zero-order valence-electron chi connectivity index (χ0n) is 13.1. The fraction of sp³-hybridized carbons (Fsp3) is 0.412. The van der Waals surface area contributed by atoms with Crippen molar-refractivity contribution < 1.29 is 9.13 Å². The largest absolute Gasteiger partial charge is 0.501 e. The van der Waals surface area contributed by atoms with Crippen molar-refractivity contribution in [1.29, 1.82) is 0 Å². The summed E-state index contributed by atoms with van der Waals surface area (Å²) in [6.45, 7) is 2.09. The number of aromatic nitrogens is 2. The van der Waals surface area contributed by atoms with Gasteiger partial charge in [0.05, 0.1) is 25.2 Å². The van der Waals surface area contributed by atoms with Crippen molar-refractivity contribution >= 4 is 11.4 Å². The van der Waals surface area contributed by atoms with Crippen molar-refractivity contribution in [3.8, 4) is 0 Å². The third kappa shape index (κ3) is 4.16. The predicted molar refractivity (Wildman–Crippen MR) is 86.3 cm³/mol. The second kappa shape index (κ2) is 7.73. The first-order valence-corrected chi connectivity index (χ1v) is 7.47. The quantitative estimate of drug-likeness (QED) is 0.659. The van der Waals surface area contributed by atoms with Crippen molar-refractivity contribution in [3.05, 3.63) is 47.9 Å². The third-order valence-electron chi connectivity index (χ3n) is 3.94. The van der Waals surface area contributed by atoms with Crippen LogP contribution in [0.1, 0.15) is 38.3 Å². The summed E-state index contributed by atoms with van der Waals surface area (Å²) in [5.41, 5.74) is 7.56. The van der Waals surface area contributed by atoms with Crippen molar-refractivity contribution in [2.24, 2.45) is 5.92 Å². The lowest BCUT2D eigenvalue weighted by Gasteiger charge is -2.09. The molecule has 0 aliphatic heterocycles. The molecule has 1 fully saturated rings. The molecule has 0 aromatic carbocycles. The standard InChI is InChI=1S/C17H22FN3O/c1-12(13-5-3-4-6-13)7-8-14(15(18)11-22-2)16-9-21-17(19)10-20-16/h7-11,13H,3-6H2,1-2H3,(H2,19,21)/b12-7+,14-8+,15-11-. The molecule has 2 rings (SSSR count). The highest BCUT2D eigenvalue weighted by atomic mass is 19.1. The Morgan fingerprint density at radius 3 is 2.59 bits per heavy atom. The zero-order valence-corrected chi connectivity index (χ0v) is 13.1. The van der Waals surface area contributed by atoms with Crippen LogP contribution in [0, 0.1) is 5.92 Å². The lowest BCUT2D eigenvalue weighted by atomic mass is 9.98. The molecule has 0 saturated heterocycles. The minimum Gasteiger partial charge on any atom is -0.501 e. The Balaban J connectivity index is 2.31. The number of nitrogen functional groups attached to an aromatic ring is 1. The van der Waals surface area contributed by atoms with Gasteiger partial charge in [0.25, 0.3) is 0 Å². The molecule has 0 unspecified atom stereocenters. The van der Waals surface area contributed by atoms with Crippen LogP contribution in [0.25, 0.3) is 5.57 Å². The molecule has 1 aromatic heterocycles. The number of hydrogen-bond donors (Lipinski definition) is 1. The van der Waals surface area contributed by atoms with Gasteiger partial charge in [0, 0.05) is 5.57 Å². The summed E-state index contributed by atoms with van der Waals surface area (Å²) < 4.78 is 19.0. The summed E-state index contributed by atoms with van der Waals surface area (Å²) in [6.07, 6.45) is 12.6. The van der Waals surface area contributed by atoms with Crippen LogP contribution in [0.15, 0.2) is 42.2 Å². The number of halogens is 1. The SMILES string of the molecule is CO/C=C(F)/C(=C\C=C(/C)C1CCCC1)c1cnc(N)cn1. The number of ether oxygens (including phenoxy) is 1. The number of allylic oxidation sites excluding steroid dienone is 5. The van der Waals surface area contributed by atoms with E-state index in [0.29, 0.717) is 23.0 Å². The summed E-state index contributed by atoms with van der Waals surface area (Å²) >= 11 is 0. The summed E-state index contributed by atoms with van der Waals surface area (Å²) in [7, 11) is 1.41. The van der Waals surface area contributed by atoms with E-state index in [1.807, 2.05) is 6.08 Å². The van der Waals surface area contributed by atoms with Gasteiger partial charge in [-0.25, -0.2) is 9.37 Å². The second-order valence-electron chi connectivity index (χ2n) is 5.50. The Morgan fingerprint density at radius 2 is 2.00 bits per heavy atom. The summed E-state index contributed by atoms with van der Waals surface area (Å²) in [5.74, 6) is 0.415. The Labute approximate surface area is 130 Å². The number of rotatable bonds is 5. The van der Waals surface area contributed by atoms with Gasteiger partial charge in [0.15, 0.2) is 5.83 Å². The van der Waals surface area contributed by atoms with E-state index in [1.165, 1.54) is 50.8 Å². The maximum Gasteiger partial charge on any atom is 0.166 e. The maximum absolute atomic E-state index is 14.2. The molecule has 1 aromatic rings. The van der Waals surface area contributed by atoms with Crippen molar-refractivity contribution in [3.63, 3.8) is 0 Å². The van der Waals surface area contributed by atoms with Gasteiger partial charge in [0.2, 0.25) is 0 Å². The number of nitrogens with zero attached hydrogens (tertiary/aromatic N) is 2. The minimum absolute atomic E-state index is 0.303. The highest BCUT2D eigenvalue weighted by molar-refractivity contribution is 5.75. The molecule has 0 atom stereocenters. The summed E-state index contributed by atoms with van der Waals surface area (Å²) in [5, 5.41) is 0. The zero-order chi connectivity index (χ0) is 15.9. The van der Waals surface area contributed by atoms with Crippen molar-refractivity contribution in [1.82, 2.24) is 9.97 Å². The smallest absolute Gasteiger partial charge is 0.166 e. The topological polar surface area (TPSA) is 61.0 Å². The summed E-state index contributed by atoms with van der Waals surface area (Å²) in [4.78, 5) is 8.10. The predicted octanol–water partition coefficient (Wildman–Crippen LogP) is 4.04. The average Bonchev–Trinajstić information content (AvgIpc) is 3.03. The number of anilines is 1. The number of hydrogen-bond acceptors (Lipinski definition) is 4. The molecule has 1 heterocycles. The highest BCUT2D eigenvalue weighted by Gasteiger charge is 2.16. The first kappa shape index (κ1) is 16.2. The van der Waals surface area contributed by atoms with Crippen molar-refractivity contribution in [2.75, 3.05) is 12.8 Å². The molecule has 0 amide bonds. The van der Waals surface area contributed by atoms with Gasteiger partial charge in [-0.3, -0.25) is 4.98 Å². The molecule has 0 spiro atoms. The van der Waals surface area contributed by atoms with Gasteiger partial charge in [-0.15, -0.1) is 0 Å². The second-order valence-corrected chi connectivity index (χ2v) is 5.50. The molecule has 1 aliphatic carbocycles. The van der Waals surface area contributed by atoms with E-state index in [1.54, 1.807) is 6.08 Å². The normalized spacial score (nSPS) is 17.9. The van der Waals surface area contributed by atoms with Crippen LogP contribution in [-0.2, 0) is 4.74 Å². The Morgan fingerprint density at radius 1 is 1.27 bits per heavy atom. The maximum atomic E-state index is 14.2. The first-order valence-electron chi connectivity index (χ1n) is 7.47. The van der Waals surface area contributed by atoms with E-state index in [2.05, 4.69) is 16.9 Å². The van der Waals surface area contributed by atoms with Crippen LogP contribution in [-0.4, -0.2) is 17.1 Å². The van der Waals surface area contributed by atoms with Crippen LogP contribution in [0.2, 0.25) is 0 Å². The summed E-state index contributed by atoms with van der Waals surface area (Å²) in [6, 6.07) is 0. The van der Waals surface area contributed by atoms with Crippen LogP contribution in [0.4, 0.5) is 10.2 Å². The van der Waals surface area contributed by atoms with Crippen LogP contribution in [0.3, 0.4) is 0 Å². The lowest BCUT2D eigenvalue weighted by Crippen LogP contribution is -1.97. The van der Waals surface area contributed by atoms with Crippen LogP contribution >= 0.6 is 0 Å². The molecule has 22 heavy (non-hydrogen) atoms. The molecule has 2 N–H and O–H groups in total. The van der Waals surface area contributed by atoms with Crippen LogP contribution < -0.4 is 5.73 Å². The molecule has 4 nitrogen and oxygen atoms in total. The van der Waals surface area contributed by atoms with Gasteiger partial charge >= 0.3 is 0 Å². The molecule has 1 aliphatic rings. The Bertz CT molecular complexity index is 584. The van der Waals surface area contributed by atoms with Gasteiger partial charge in [-0.1, -0.05) is 24.5 Å². The first-order chi connectivity index (χ1) is 10.6. The van der Waals surface area contributed by atoms with E-state index >= 15 is 0 Å². The van der Waals surface area contributed by atoms with Gasteiger partial charge in [-0.2, -0.15) is 0 Å². The molecule has 1 saturated carbocycles. The molecule has 118 valence electrons. The van der Waals surface area contributed by atoms with E-state index in [9.17, 15) is 4.39 Å². The lowest BCUT2D eigenvalue weighted by molar-refractivity contribution is 0.326. The van der Waals surface area contributed by atoms with Gasteiger partial charge in [0.1, 0.15) is 12.1 Å². The minimum atomic E-state index is -0.489. The van der Waals surface area contributed by atoms with E-state index in [-0.39, 0.29) is 0 Å². The van der Waals surface area contributed by atoms with E-state index < -0.39 is 5.83 Å². The van der Waals surface area contributed by atoms with Gasteiger partial charge < -0.3 is 10.5 Å². The fourth-order valence-electron chi connectivity index (χ4n) is 2.66. The van der Waals surface area contributed by atoms with Crippen molar-refractivity contribution in [2.45, 2.75) is 32.6 Å². The Kier molecular flexibility index (Phi) is 5.69. The third-order valence-corrected chi connectivity index (χ3v) is 3.94. The average molecular weight is 303 g/mol. The Hall–Kier alpha value is -2.17. The highest BCUT2D eigenvalue weighted by Crippen LogP contribution is 2.31. The van der Waals surface area contributed by atoms with Gasteiger partial charge in [-0.05, 0) is 31.8 Å². The molecular formula is C17H22FN3O.